The first-order valence-corrected chi connectivity index (χ1v) is 19.3. The maximum atomic E-state index is 12.2. The number of carboxylic acid groups (broad SMARTS) is 1. The highest BCUT2D eigenvalue weighted by Crippen LogP contribution is 2.43. The molecular formula is C37H62NO10P. The average Bonchev–Trinajstić information content (AvgIpc) is 3.07. The van der Waals surface area contributed by atoms with E-state index < -0.39 is 57.6 Å². The number of unbranched alkanes of at least 4 members (excludes halogenated alkanes) is 8. The fourth-order valence-electron chi connectivity index (χ4n) is 4.28. The Morgan fingerprint density at radius 1 is 0.673 bits per heavy atom. The van der Waals surface area contributed by atoms with Crippen LogP contribution in [0.3, 0.4) is 0 Å². The van der Waals surface area contributed by atoms with Crippen molar-refractivity contribution >= 4 is 25.7 Å². The highest BCUT2D eigenvalue weighted by Gasteiger charge is 2.28. The third-order valence-corrected chi connectivity index (χ3v) is 8.02. The predicted molar refractivity (Wildman–Crippen MR) is 194 cm³/mol. The smallest absolute Gasteiger partial charge is 0.472 e. The lowest BCUT2D eigenvalue weighted by Gasteiger charge is -2.18. The molecule has 4 N–H and O–H groups in total. The summed E-state index contributed by atoms with van der Waals surface area (Å²) in [6.07, 6.45) is 34.4. The minimum Gasteiger partial charge on any atom is -0.480 e. The number of hydrogen-bond donors (Lipinski definition) is 4. The maximum absolute atomic E-state index is 12.2. The molecule has 0 aliphatic carbocycles. The predicted octanol–water partition coefficient (Wildman–Crippen LogP) is 8.05. The highest BCUT2D eigenvalue weighted by atomic mass is 31.2. The number of hydrogen-bond acceptors (Lipinski definition) is 8. The van der Waals surface area contributed by atoms with Gasteiger partial charge in [0.15, 0.2) is 6.04 Å². The molecule has 0 aromatic rings. The van der Waals surface area contributed by atoms with Gasteiger partial charge in [-0.25, -0.2) is 9.36 Å². The van der Waals surface area contributed by atoms with E-state index in [0.717, 1.165) is 83.5 Å². The molecule has 11 nitrogen and oxygen atoms in total. The van der Waals surface area contributed by atoms with Crippen LogP contribution in [-0.4, -0.2) is 64.9 Å². The number of carboxylic acids is 1. The molecule has 0 radical (unpaired) electrons. The number of aliphatic hydroxyl groups is 1. The summed E-state index contributed by atoms with van der Waals surface area (Å²) < 4.78 is 26.5. The molecule has 0 saturated heterocycles. The van der Waals surface area contributed by atoms with Gasteiger partial charge >= 0.3 is 19.8 Å². The van der Waals surface area contributed by atoms with Crippen LogP contribution in [0.5, 0.6) is 0 Å². The molecule has 0 aromatic heterocycles. The Morgan fingerprint density at radius 3 is 1.78 bits per heavy atom. The second-order valence-electron chi connectivity index (χ2n) is 11.7. The first-order valence-electron chi connectivity index (χ1n) is 17.8. The topological polar surface area (TPSA) is 169 Å². The lowest BCUT2D eigenvalue weighted by atomic mass is 10.1. The highest BCUT2D eigenvalue weighted by molar-refractivity contribution is 7.47. The van der Waals surface area contributed by atoms with Crippen LogP contribution in [-0.2, 0) is 32.7 Å². The van der Waals surface area contributed by atoms with Crippen LogP contribution < -0.4 is 5.32 Å². The summed E-state index contributed by atoms with van der Waals surface area (Å²) in [4.78, 5) is 45.4. The molecule has 0 rings (SSSR count). The lowest BCUT2D eigenvalue weighted by molar-refractivity contribution is -0.147. The van der Waals surface area contributed by atoms with Crippen LogP contribution in [0.25, 0.3) is 0 Å². The fourth-order valence-corrected chi connectivity index (χ4v) is 5.05. The Kier molecular flexibility index (Phi) is 30.5. The molecule has 280 valence electrons. The zero-order valence-electron chi connectivity index (χ0n) is 29.7. The molecule has 0 bridgehead atoms. The zero-order valence-corrected chi connectivity index (χ0v) is 30.6. The SMILES string of the molecule is CC/C=C\C/C=C\C/C=C\C/C=C\C/C=C\CCCCCC(=O)NC(COP(=O)(O)OCC(O)COC(=O)CCCCCCCC)C(=O)O. The van der Waals surface area contributed by atoms with E-state index in [9.17, 15) is 34.1 Å². The van der Waals surface area contributed by atoms with Gasteiger partial charge < -0.3 is 25.2 Å². The number of aliphatic carboxylic acids is 1. The Hall–Kier alpha value is -2.82. The van der Waals surface area contributed by atoms with E-state index in [1.807, 2.05) is 0 Å². The molecule has 0 spiro atoms. The summed E-state index contributed by atoms with van der Waals surface area (Å²) in [5, 5.41) is 21.6. The van der Waals surface area contributed by atoms with Gasteiger partial charge in [-0.3, -0.25) is 18.6 Å². The van der Waals surface area contributed by atoms with Gasteiger partial charge in [0.25, 0.3) is 0 Å². The Labute approximate surface area is 294 Å². The van der Waals surface area contributed by atoms with Crippen LogP contribution in [0.4, 0.5) is 0 Å². The van der Waals surface area contributed by atoms with E-state index in [1.165, 1.54) is 0 Å². The fraction of sp³-hybridized carbons (Fsp3) is 0.649. The van der Waals surface area contributed by atoms with Gasteiger partial charge in [0.1, 0.15) is 12.7 Å². The molecular weight excluding hydrogens is 649 g/mol. The van der Waals surface area contributed by atoms with Crippen molar-refractivity contribution in [2.75, 3.05) is 19.8 Å². The molecule has 0 fully saturated rings. The van der Waals surface area contributed by atoms with Crippen molar-refractivity contribution in [3.05, 3.63) is 60.8 Å². The number of aliphatic hydroxyl groups excluding tert-OH is 1. The van der Waals surface area contributed by atoms with E-state index in [2.05, 4.69) is 79.9 Å². The van der Waals surface area contributed by atoms with Crippen molar-refractivity contribution in [2.45, 2.75) is 135 Å². The van der Waals surface area contributed by atoms with Gasteiger partial charge in [0.05, 0.1) is 13.2 Å². The number of phosphoric ester groups is 1. The molecule has 0 heterocycles. The first-order chi connectivity index (χ1) is 23.6. The molecule has 0 aliphatic heterocycles. The van der Waals surface area contributed by atoms with Crippen LogP contribution >= 0.6 is 7.82 Å². The van der Waals surface area contributed by atoms with E-state index in [-0.39, 0.29) is 12.8 Å². The monoisotopic (exact) mass is 711 g/mol. The van der Waals surface area contributed by atoms with Crippen molar-refractivity contribution in [3.8, 4) is 0 Å². The number of amides is 1. The van der Waals surface area contributed by atoms with Crippen molar-refractivity contribution in [2.24, 2.45) is 0 Å². The summed E-state index contributed by atoms with van der Waals surface area (Å²) in [6.45, 7) is 2.33. The molecule has 49 heavy (non-hydrogen) atoms. The standard InChI is InChI=1S/C37H62NO10P/c1-3-5-7-9-11-12-13-14-15-16-17-18-19-20-21-22-23-24-26-28-35(40)38-34(37(42)43)32-48-49(44,45)47-31-33(39)30-46-36(41)29-27-25-10-8-6-4-2/h5,7,11-12,14-15,17-18,20-21,33-34,39H,3-4,6,8-10,13,16,19,22-32H2,1-2H3,(H,38,40)(H,42,43)(H,44,45)/b7-5-,12-11-,15-14-,18-17-,21-20-. The van der Waals surface area contributed by atoms with Crippen molar-refractivity contribution < 1.29 is 47.8 Å². The Bertz CT molecular complexity index is 1070. The second-order valence-corrected chi connectivity index (χ2v) is 13.1. The van der Waals surface area contributed by atoms with Gasteiger partial charge in [-0.05, 0) is 57.8 Å². The second kappa shape index (κ2) is 32.4. The van der Waals surface area contributed by atoms with Crippen LogP contribution in [0.2, 0.25) is 0 Å². The number of rotatable bonds is 32. The number of ether oxygens (including phenoxy) is 1. The van der Waals surface area contributed by atoms with Gasteiger partial charge in [-0.15, -0.1) is 0 Å². The summed E-state index contributed by atoms with van der Waals surface area (Å²) >= 11 is 0. The quantitative estimate of drug-likeness (QED) is 0.0232. The summed E-state index contributed by atoms with van der Waals surface area (Å²) in [6, 6.07) is -1.56. The molecule has 0 aromatic carbocycles. The third kappa shape index (κ3) is 32.2. The molecule has 0 aliphatic rings. The molecule has 1 amide bonds. The van der Waals surface area contributed by atoms with E-state index >= 15 is 0 Å². The summed E-state index contributed by atoms with van der Waals surface area (Å²) in [5.74, 6) is -2.44. The first kappa shape index (κ1) is 46.2. The van der Waals surface area contributed by atoms with E-state index in [4.69, 9.17) is 13.8 Å². The minimum absolute atomic E-state index is 0.104. The Morgan fingerprint density at radius 2 is 1.18 bits per heavy atom. The third-order valence-electron chi connectivity index (χ3n) is 7.07. The largest absolute Gasteiger partial charge is 0.480 e. The number of nitrogens with one attached hydrogen (secondary N) is 1. The number of carbonyl (C=O) groups excluding carboxylic acids is 2. The van der Waals surface area contributed by atoms with E-state index in [1.54, 1.807) is 0 Å². The van der Waals surface area contributed by atoms with E-state index in [0.29, 0.717) is 12.8 Å². The number of carbonyl (C=O) groups is 3. The molecule has 3 atom stereocenters. The van der Waals surface area contributed by atoms with Gasteiger partial charge in [0, 0.05) is 12.8 Å². The van der Waals surface area contributed by atoms with Crippen LogP contribution in [0, 0.1) is 0 Å². The Balaban J connectivity index is 4.07. The van der Waals surface area contributed by atoms with Gasteiger partial charge in [-0.2, -0.15) is 0 Å². The lowest BCUT2D eigenvalue weighted by Crippen LogP contribution is -2.43. The van der Waals surface area contributed by atoms with Crippen molar-refractivity contribution in [3.63, 3.8) is 0 Å². The molecule has 12 heteroatoms. The molecule has 3 unspecified atom stereocenters. The van der Waals surface area contributed by atoms with Gasteiger partial charge in [0.2, 0.25) is 5.91 Å². The minimum atomic E-state index is -4.75. The van der Waals surface area contributed by atoms with Crippen molar-refractivity contribution in [1.82, 2.24) is 5.32 Å². The van der Waals surface area contributed by atoms with Gasteiger partial charge in [-0.1, -0.05) is 113 Å². The van der Waals surface area contributed by atoms with Crippen LogP contribution in [0.15, 0.2) is 60.8 Å². The normalized spacial score (nSPS) is 14.7. The molecule has 0 saturated carbocycles. The summed E-state index contributed by atoms with van der Waals surface area (Å²) in [7, 11) is -4.75. The average molecular weight is 712 g/mol. The number of allylic oxidation sites excluding steroid dienone is 10. The van der Waals surface area contributed by atoms with Crippen LogP contribution in [0.1, 0.15) is 123 Å². The van der Waals surface area contributed by atoms with Crippen molar-refractivity contribution in [1.29, 1.82) is 0 Å². The maximum Gasteiger partial charge on any atom is 0.472 e. The number of phosphoric acid groups is 1. The summed E-state index contributed by atoms with van der Waals surface area (Å²) in [5.41, 5.74) is 0. The zero-order chi connectivity index (χ0) is 36.4. The number of esters is 1.